The molecule has 7 heteroatoms. The third-order valence-electron chi connectivity index (χ3n) is 5.22. The summed E-state index contributed by atoms with van der Waals surface area (Å²) in [6, 6.07) is 19.6. The molecular weight excluding hydrogens is 451 g/mol. The first kappa shape index (κ1) is 23.6. The van der Waals surface area contributed by atoms with Gasteiger partial charge in [-0.25, -0.2) is 9.38 Å². The van der Waals surface area contributed by atoms with Crippen LogP contribution in [0.5, 0.6) is 11.5 Å². The van der Waals surface area contributed by atoms with Crippen LogP contribution in [0.25, 0.3) is 6.08 Å². The predicted molar refractivity (Wildman–Crippen MR) is 135 cm³/mol. The highest BCUT2D eigenvalue weighted by molar-refractivity contribution is 8.18. The number of carbonyl (C=O) groups excluding carboxylic acids is 1. The van der Waals surface area contributed by atoms with Crippen molar-refractivity contribution in [3.05, 3.63) is 94.1 Å². The second-order valence-corrected chi connectivity index (χ2v) is 8.73. The highest BCUT2D eigenvalue weighted by atomic mass is 32.2. The number of rotatable bonds is 7. The third-order valence-corrected chi connectivity index (χ3v) is 6.22. The maximum absolute atomic E-state index is 13.2. The van der Waals surface area contributed by atoms with Crippen LogP contribution in [0.15, 0.2) is 76.6 Å². The van der Waals surface area contributed by atoms with Crippen molar-refractivity contribution in [1.82, 2.24) is 4.90 Å². The second-order valence-electron chi connectivity index (χ2n) is 7.72. The van der Waals surface area contributed by atoms with Crippen LogP contribution >= 0.6 is 11.8 Å². The van der Waals surface area contributed by atoms with Gasteiger partial charge in [-0.05, 0) is 79.2 Å². The Morgan fingerprint density at radius 3 is 2.56 bits per heavy atom. The molecule has 3 aromatic rings. The van der Waals surface area contributed by atoms with Crippen molar-refractivity contribution in [2.75, 3.05) is 13.7 Å². The van der Waals surface area contributed by atoms with Crippen LogP contribution in [0.3, 0.4) is 0 Å². The zero-order valence-corrected chi connectivity index (χ0v) is 20.1. The lowest BCUT2D eigenvalue weighted by atomic mass is 10.1. The van der Waals surface area contributed by atoms with E-state index in [1.807, 2.05) is 56.3 Å². The van der Waals surface area contributed by atoms with Crippen molar-refractivity contribution in [2.45, 2.75) is 20.5 Å². The minimum Gasteiger partial charge on any atom is -0.493 e. The topological polar surface area (TPSA) is 51.1 Å². The lowest BCUT2D eigenvalue weighted by Crippen LogP contribution is -2.28. The Morgan fingerprint density at radius 2 is 1.85 bits per heavy atom. The number of amidine groups is 1. The number of ether oxygens (including phenoxy) is 2. The molecule has 0 spiro atoms. The summed E-state index contributed by atoms with van der Waals surface area (Å²) in [5.74, 6) is 0.773. The van der Waals surface area contributed by atoms with Gasteiger partial charge in [-0.15, -0.1) is 0 Å². The number of benzene rings is 3. The van der Waals surface area contributed by atoms with Gasteiger partial charge in [0.1, 0.15) is 12.4 Å². The highest BCUT2D eigenvalue weighted by Gasteiger charge is 2.32. The zero-order valence-electron chi connectivity index (χ0n) is 19.2. The summed E-state index contributed by atoms with van der Waals surface area (Å²) in [6.45, 7) is 4.86. The summed E-state index contributed by atoms with van der Waals surface area (Å²) < 4.78 is 24.7. The third kappa shape index (κ3) is 5.48. The molecule has 0 aromatic heterocycles. The Hall–Kier alpha value is -3.58. The van der Waals surface area contributed by atoms with Crippen molar-refractivity contribution in [2.24, 2.45) is 4.99 Å². The average Bonchev–Trinajstić information content (AvgIpc) is 3.13. The molecule has 4 rings (SSSR count). The number of amides is 1. The van der Waals surface area contributed by atoms with Crippen LogP contribution in [0, 0.1) is 12.7 Å². The van der Waals surface area contributed by atoms with E-state index in [2.05, 4.69) is 11.1 Å². The standard InChI is InChI=1S/C27H25FN2O3S/c1-4-30-26(31)25(34-27(30)29-22-11-9-21(28)10-12-22)16-19-8-13-23(24(15-19)32-3)33-17-20-7-5-6-18(2)14-20/h5-16H,4,17H2,1-3H3/b25-16+,29-27?. The fourth-order valence-corrected chi connectivity index (χ4v) is 4.57. The summed E-state index contributed by atoms with van der Waals surface area (Å²) in [5, 5.41) is 0.565. The van der Waals surface area contributed by atoms with Crippen molar-refractivity contribution < 1.29 is 18.7 Å². The van der Waals surface area contributed by atoms with E-state index in [-0.39, 0.29) is 11.7 Å². The largest absolute Gasteiger partial charge is 0.493 e. The molecule has 0 atom stereocenters. The van der Waals surface area contributed by atoms with Crippen LogP contribution in [0.2, 0.25) is 0 Å². The van der Waals surface area contributed by atoms with Crippen LogP contribution in [-0.4, -0.2) is 29.6 Å². The summed E-state index contributed by atoms with van der Waals surface area (Å²) in [5.41, 5.74) is 3.66. The van der Waals surface area contributed by atoms with Crippen LogP contribution in [0.4, 0.5) is 10.1 Å². The van der Waals surface area contributed by atoms with E-state index in [9.17, 15) is 9.18 Å². The van der Waals surface area contributed by atoms with E-state index in [1.54, 1.807) is 24.1 Å². The molecule has 174 valence electrons. The normalized spacial score (nSPS) is 15.9. The summed E-state index contributed by atoms with van der Waals surface area (Å²) in [6.07, 6.45) is 1.82. The number of hydrogen-bond donors (Lipinski definition) is 0. The monoisotopic (exact) mass is 476 g/mol. The van der Waals surface area contributed by atoms with Gasteiger partial charge in [0.25, 0.3) is 5.91 Å². The number of hydrogen-bond acceptors (Lipinski definition) is 5. The molecule has 0 bridgehead atoms. The van der Waals surface area contributed by atoms with E-state index in [4.69, 9.17) is 9.47 Å². The minimum absolute atomic E-state index is 0.118. The number of likely N-dealkylation sites (N-methyl/N-ethyl adjacent to an activating group) is 1. The Labute approximate surface area is 202 Å². The average molecular weight is 477 g/mol. The first-order valence-corrected chi connectivity index (χ1v) is 11.7. The number of nitrogens with zero attached hydrogens (tertiary/aromatic N) is 2. The van der Waals surface area contributed by atoms with Gasteiger partial charge in [-0.1, -0.05) is 35.9 Å². The molecule has 0 unspecified atom stereocenters. The van der Waals surface area contributed by atoms with E-state index >= 15 is 0 Å². The van der Waals surface area contributed by atoms with E-state index in [0.29, 0.717) is 40.4 Å². The Kier molecular flexibility index (Phi) is 7.33. The van der Waals surface area contributed by atoms with Crippen molar-refractivity contribution in [3.63, 3.8) is 0 Å². The second kappa shape index (κ2) is 10.6. The summed E-state index contributed by atoms with van der Waals surface area (Å²) in [7, 11) is 1.59. The Morgan fingerprint density at radius 1 is 1.06 bits per heavy atom. The number of aryl methyl sites for hydroxylation is 1. The molecule has 5 nitrogen and oxygen atoms in total. The van der Waals surface area contributed by atoms with Gasteiger partial charge < -0.3 is 9.47 Å². The first-order valence-electron chi connectivity index (χ1n) is 10.9. The molecule has 0 aliphatic carbocycles. The van der Waals surface area contributed by atoms with Gasteiger partial charge in [0.15, 0.2) is 16.7 Å². The predicted octanol–water partition coefficient (Wildman–Crippen LogP) is 6.35. The zero-order chi connectivity index (χ0) is 24.1. The van der Waals surface area contributed by atoms with Crippen molar-refractivity contribution in [1.29, 1.82) is 0 Å². The van der Waals surface area contributed by atoms with Gasteiger partial charge in [-0.2, -0.15) is 0 Å². The maximum atomic E-state index is 13.2. The number of halogens is 1. The van der Waals surface area contributed by atoms with Crippen molar-refractivity contribution in [3.8, 4) is 11.5 Å². The van der Waals surface area contributed by atoms with Gasteiger partial charge in [0.2, 0.25) is 0 Å². The molecule has 1 heterocycles. The first-order chi connectivity index (χ1) is 16.5. The highest BCUT2D eigenvalue weighted by Crippen LogP contribution is 2.36. The number of thioether (sulfide) groups is 1. The lowest BCUT2D eigenvalue weighted by Gasteiger charge is -2.12. The van der Waals surface area contributed by atoms with Crippen molar-refractivity contribution >= 4 is 34.6 Å². The maximum Gasteiger partial charge on any atom is 0.266 e. The lowest BCUT2D eigenvalue weighted by molar-refractivity contribution is -0.122. The smallest absolute Gasteiger partial charge is 0.266 e. The number of carbonyl (C=O) groups is 1. The fraction of sp³-hybridized carbons (Fsp3) is 0.185. The molecule has 0 radical (unpaired) electrons. The van der Waals surface area contributed by atoms with Gasteiger partial charge >= 0.3 is 0 Å². The van der Waals surface area contributed by atoms with Crippen LogP contribution in [0.1, 0.15) is 23.6 Å². The van der Waals surface area contributed by atoms with Crippen LogP contribution in [-0.2, 0) is 11.4 Å². The summed E-state index contributed by atoms with van der Waals surface area (Å²) >= 11 is 1.29. The van der Waals surface area contributed by atoms with Gasteiger partial charge in [-0.3, -0.25) is 9.69 Å². The number of methoxy groups -OCH3 is 1. The molecule has 1 amide bonds. The van der Waals surface area contributed by atoms with E-state index in [0.717, 1.165) is 11.1 Å². The quantitative estimate of drug-likeness (QED) is 0.373. The molecule has 0 N–H and O–H groups in total. The van der Waals surface area contributed by atoms with Crippen LogP contribution < -0.4 is 9.47 Å². The Balaban J connectivity index is 1.54. The minimum atomic E-state index is -0.327. The Bertz CT molecular complexity index is 1250. The molecule has 0 saturated carbocycles. The molecule has 1 saturated heterocycles. The van der Waals surface area contributed by atoms with E-state index < -0.39 is 0 Å². The van der Waals surface area contributed by atoms with E-state index in [1.165, 1.54) is 29.5 Å². The van der Waals surface area contributed by atoms with Gasteiger partial charge in [0, 0.05) is 6.54 Å². The fourth-order valence-electron chi connectivity index (χ4n) is 3.50. The number of aliphatic imine (C=N–C) groups is 1. The molecule has 1 fully saturated rings. The summed E-state index contributed by atoms with van der Waals surface area (Å²) in [4.78, 5) is 19.6. The molecule has 1 aliphatic rings. The molecular formula is C27H25FN2O3S. The molecule has 3 aromatic carbocycles. The van der Waals surface area contributed by atoms with Gasteiger partial charge in [0.05, 0.1) is 17.7 Å². The SMILES string of the molecule is CCN1C(=O)/C(=C\c2ccc(OCc3cccc(C)c3)c(OC)c2)SC1=Nc1ccc(F)cc1. The molecule has 34 heavy (non-hydrogen) atoms. The molecule has 1 aliphatic heterocycles.